The molecule has 1 amide bonds. The number of carbonyl (C=O) groups is 2. The summed E-state index contributed by atoms with van der Waals surface area (Å²) in [6.45, 7) is -0.903. The van der Waals surface area contributed by atoms with E-state index >= 15 is 0 Å². The Labute approximate surface area is 123 Å². The van der Waals surface area contributed by atoms with E-state index in [0.717, 1.165) is 32.1 Å². The molecule has 0 aliphatic heterocycles. The summed E-state index contributed by atoms with van der Waals surface area (Å²) < 4.78 is 22.5. The summed E-state index contributed by atoms with van der Waals surface area (Å²) in [6.07, 6.45) is 1.77. The Balaban J connectivity index is 2.08. The van der Waals surface area contributed by atoms with Gasteiger partial charge in [0.1, 0.15) is 6.17 Å². The van der Waals surface area contributed by atoms with Gasteiger partial charge in [-0.25, -0.2) is 9.18 Å². The molecule has 1 aliphatic carbocycles. The fraction of sp³-hybridized carbons (Fsp3) is 0.833. The number of nitrogens with one attached hydrogen (secondary N) is 1. The molecule has 1 aliphatic rings. The molecule has 1 fully saturated rings. The van der Waals surface area contributed by atoms with Crippen molar-refractivity contribution in [2.75, 3.05) is 19.5 Å². The topological polar surface area (TPSA) is 105 Å². The maximum Gasteiger partial charge on any atom is 0.410 e. The van der Waals surface area contributed by atoms with Crippen LogP contribution in [-0.2, 0) is 14.3 Å². The zero-order chi connectivity index (χ0) is 15.7. The van der Waals surface area contributed by atoms with Crippen LogP contribution in [0, 0.1) is 5.92 Å². The minimum absolute atomic E-state index is 0.131. The van der Waals surface area contributed by atoms with Crippen LogP contribution in [0.4, 0.5) is 9.18 Å². The molecule has 3 N–H and O–H groups in total. The number of rotatable bonds is 7. The SMILES string of the molecule is O=C(NC[C@H](F)CP(O)O)OCOC(=O)C1CCCCC1. The first-order valence-electron chi connectivity index (χ1n) is 6.85. The maximum absolute atomic E-state index is 13.0. The van der Waals surface area contributed by atoms with Crippen LogP contribution >= 0.6 is 8.38 Å². The lowest BCUT2D eigenvalue weighted by Crippen LogP contribution is -2.33. The fourth-order valence-corrected chi connectivity index (χ4v) is 2.57. The van der Waals surface area contributed by atoms with E-state index in [0.29, 0.717) is 0 Å². The Morgan fingerprint density at radius 2 is 1.90 bits per heavy atom. The Kier molecular flexibility index (Phi) is 8.49. The van der Waals surface area contributed by atoms with E-state index in [1.807, 2.05) is 0 Å². The number of carbonyl (C=O) groups excluding carboxylic acids is 2. The van der Waals surface area contributed by atoms with E-state index in [1.165, 1.54) is 0 Å². The van der Waals surface area contributed by atoms with Crippen molar-refractivity contribution >= 4 is 20.4 Å². The van der Waals surface area contributed by atoms with Crippen molar-refractivity contribution in [1.29, 1.82) is 0 Å². The molecule has 1 rings (SSSR count). The van der Waals surface area contributed by atoms with Crippen LogP contribution in [0.3, 0.4) is 0 Å². The van der Waals surface area contributed by atoms with Crippen LogP contribution in [0.2, 0.25) is 0 Å². The van der Waals surface area contributed by atoms with Crippen LogP contribution in [0.1, 0.15) is 32.1 Å². The van der Waals surface area contributed by atoms with Crippen molar-refractivity contribution in [2.45, 2.75) is 38.3 Å². The van der Waals surface area contributed by atoms with Gasteiger partial charge < -0.3 is 24.6 Å². The van der Waals surface area contributed by atoms with Gasteiger partial charge in [0.2, 0.25) is 6.79 Å². The molecule has 0 aromatic heterocycles. The lowest BCUT2D eigenvalue weighted by molar-refractivity contribution is -0.157. The largest absolute Gasteiger partial charge is 0.428 e. The predicted octanol–water partition coefficient (Wildman–Crippen LogP) is 1.43. The van der Waals surface area contributed by atoms with Gasteiger partial charge in [0.25, 0.3) is 0 Å². The average Bonchev–Trinajstić information content (AvgIpc) is 2.45. The first-order chi connectivity index (χ1) is 9.99. The second-order valence-electron chi connectivity index (χ2n) is 4.88. The van der Waals surface area contributed by atoms with Crippen LogP contribution < -0.4 is 5.32 Å². The molecule has 0 unspecified atom stereocenters. The number of esters is 1. The Morgan fingerprint density at radius 3 is 2.52 bits per heavy atom. The van der Waals surface area contributed by atoms with Crippen molar-refractivity contribution in [3.05, 3.63) is 0 Å². The minimum atomic E-state index is -2.33. The Morgan fingerprint density at radius 1 is 1.24 bits per heavy atom. The van der Waals surface area contributed by atoms with Crippen LogP contribution in [0.15, 0.2) is 0 Å². The highest BCUT2D eigenvalue weighted by Crippen LogP contribution is 2.25. The number of alkyl halides is 1. The molecular weight excluding hydrogens is 304 g/mol. The summed E-state index contributed by atoms with van der Waals surface area (Å²) in [5, 5.41) is 2.10. The van der Waals surface area contributed by atoms with E-state index < -0.39 is 40.1 Å². The van der Waals surface area contributed by atoms with Gasteiger partial charge in [-0.2, -0.15) is 0 Å². The first-order valence-corrected chi connectivity index (χ1v) is 8.29. The summed E-state index contributed by atoms with van der Waals surface area (Å²) in [4.78, 5) is 40.0. The third-order valence-electron chi connectivity index (χ3n) is 3.16. The van der Waals surface area contributed by atoms with Crippen LogP contribution in [-0.4, -0.2) is 47.5 Å². The van der Waals surface area contributed by atoms with Crippen molar-refractivity contribution in [3.8, 4) is 0 Å². The third-order valence-corrected chi connectivity index (χ3v) is 3.88. The molecule has 0 radical (unpaired) electrons. The van der Waals surface area contributed by atoms with Crippen LogP contribution in [0.25, 0.3) is 0 Å². The number of hydrogen-bond acceptors (Lipinski definition) is 6. The second kappa shape index (κ2) is 9.87. The molecule has 0 aromatic carbocycles. The number of alkyl carbamates (subject to hydrolysis) is 1. The number of halogens is 1. The molecular formula is C12H21FNO6P. The van der Waals surface area contributed by atoms with E-state index in [1.54, 1.807) is 0 Å². The summed E-state index contributed by atoms with van der Waals surface area (Å²) in [5.41, 5.74) is 0. The molecule has 0 bridgehead atoms. The predicted molar refractivity (Wildman–Crippen MR) is 73.1 cm³/mol. The molecule has 1 saturated carbocycles. The van der Waals surface area contributed by atoms with E-state index in [-0.39, 0.29) is 11.9 Å². The number of amides is 1. The Bertz CT molecular complexity index is 338. The van der Waals surface area contributed by atoms with Gasteiger partial charge in [0.15, 0.2) is 8.38 Å². The highest BCUT2D eigenvalue weighted by atomic mass is 31.2. The van der Waals surface area contributed by atoms with E-state index in [4.69, 9.17) is 14.5 Å². The van der Waals surface area contributed by atoms with E-state index in [9.17, 15) is 14.0 Å². The molecule has 1 atom stereocenters. The monoisotopic (exact) mass is 325 g/mol. The molecule has 0 aromatic rings. The zero-order valence-electron chi connectivity index (χ0n) is 11.7. The lowest BCUT2D eigenvalue weighted by atomic mass is 9.89. The second-order valence-corrected chi connectivity index (χ2v) is 5.99. The normalized spacial score (nSPS) is 17.3. The smallest absolute Gasteiger partial charge is 0.410 e. The molecule has 0 heterocycles. The number of ether oxygens (including phenoxy) is 2. The highest BCUT2D eigenvalue weighted by Gasteiger charge is 2.22. The Hall–Kier alpha value is -0.980. The van der Waals surface area contributed by atoms with Gasteiger partial charge in [-0.1, -0.05) is 19.3 Å². The molecule has 21 heavy (non-hydrogen) atoms. The molecule has 9 heteroatoms. The molecule has 0 spiro atoms. The third kappa shape index (κ3) is 8.14. The van der Waals surface area contributed by atoms with Crippen molar-refractivity contribution in [3.63, 3.8) is 0 Å². The van der Waals surface area contributed by atoms with Crippen molar-refractivity contribution < 1.29 is 33.2 Å². The number of hydrogen-bond donors (Lipinski definition) is 3. The molecule has 122 valence electrons. The van der Waals surface area contributed by atoms with Gasteiger partial charge in [-0.05, 0) is 12.8 Å². The van der Waals surface area contributed by atoms with Gasteiger partial charge in [0.05, 0.1) is 18.6 Å². The van der Waals surface area contributed by atoms with Crippen LogP contribution in [0.5, 0.6) is 0 Å². The van der Waals surface area contributed by atoms with Gasteiger partial charge in [0, 0.05) is 0 Å². The minimum Gasteiger partial charge on any atom is -0.428 e. The maximum atomic E-state index is 13.0. The average molecular weight is 325 g/mol. The standard InChI is InChI=1S/C12H21FNO6P/c13-10(7-21(17)18)6-14-12(16)20-8-19-11(15)9-4-2-1-3-5-9/h9-10,17-18H,1-8H2,(H,14,16)/t10-/m0/s1. The molecule has 7 nitrogen and oxygen atoms in total. The first kappa shape index (κ1) is 18.1. The quantitative estimate of drug-likeness (QED) is 0.371. The fourth-order valence-electron chi connectivity index (χ4n) is 2.08. The highest BCUT2D eigenvalue weighted by molar-refractivity contribution is 7.45. The van der Waals surface area contributed by atoms with Gasteiger partial charge >= 0.3 is 12.1 Å². The lowest BCUT2D eigenvalue weighted by Gasteiger charge is -2.19. The van der Waals surface area contributed by atoms with Gasteiger partial charge in [-0.15, -0.1) is 0 Å². The summed E-state index contributed by atoms with van der Waals surface area (Å²) >= 11 is 0. The summed E-state index contributed by atoms with van der Waals surface area (Å²) in [7, 11) is -2.33. The zero-order valence-corrected chi connectivity index (χ0v) is 12.6. The van der Waals surface area contributed by atoms with Crippen molar-refractivity contribution in [2.24, 2.45) is 5.92 Å². The summed E-state index contributed by atoms with van der Waals surface area (Å²) in [6, 6.07) is 0. The summed E-state index contributed by atoms with van der Waals surface area (Å²) in [5.74, 6) is -0.508. The van der Waals surface area contributed by atoms with Gasteiger partial charge in [-0.3, -0.25) is 4.79 Å². The van der Waals surface area contributed by atoms with Crippen molar-refractivity contribution in [1.82, 2.24) is 5.32 Å². The molecule has 0 saturated heterocycles. The van der Waals surface area contributed by atoms with E-state index in [2.05, 4.69) is 10.1 Å².